The first-order valence-electron chi connectivity index (χ1n) is 9.01. The molecule has 2 heterocycles. The van der Waals surface area contributed by atoms with Crippen molar-refractivity contribution in [2.24, 2.45) is 0 Å². The fraction of sp³-hybridized carbons (Fsp3) is 0.0909. The molecule has 0 radical (unpaired) electrons. The van der Waals surface area contributed by atoms with Crippen molar-refractivity contribution in [3.63, 3.8) is 0 Å². The van der Waals surface area contributed by atoms with Crippen molar-refractivity contribution in [1.82, 2.24) is 20.2 Å². The quantitative estimate of drug-likeness (QED) is 0.508. The van der Waals surface area contributed by atoms with E-state index in [2.05, 4.69) is 20.2 Å². The Morgan fingerprint density at radius 1 is 1.00 bits per heavy atom. The molecule has 136 valence electrons. The van der Waals surface area contributed by atoms with Crippen molar-refractivity contribution in [1.29, 1.82) is 0 Å². The van der Waals surface area contributed by atoms with E-state index in [1.165, 1.54) is 0 Å². The molecular weight excluding hydrogens is 350 g/mol. The molecule has 3 N–H and O–H groups in total. The standard InChI is InChI=1S/C22H17N5O/c1-12-5-7-14(8-6-12)19-18-20(27-22(23)26-19)17-15(9-13-10-24-25-11-13)3-2-4-16(17)21(18)28/h2-8,10-11H,9H2,1H3,(H,24,25)(H2,23,26,27). The SMILES string of the molecule is Cc1ccc(-c2nc(N)nc3c2C(=O)c2cccc(Cc4cn[nH]c4)c2-3)cc1. The molecule has 0 saturated carbocycles. The number of ketones is 1. The number of aryl methyl sites for hydroxylation is 1. The van der Waals surface area contributed by atoms with Gasteiger partial charge in [0, 0.05) is 29.3 Å². The number of nitrogens with two attached hydrogens (primary N) is 1. The van der Waals surface area contributed by atoms with Crippen molar-refractivity contribution in [2.75, 3.05) is 5.73 Å². The smallest absolute Gasteiger partial charge is 0.221 e. The maximum Gasteiger partial charge on any atom is 0.221 e. The number of aromatic nitrogens is 4. The molecule has 0 amide bonds. The summed E-state index contributed by atoms with van der Waals surface area (Å²) in [6, 6.07) is 13.7. The number of nitrogen functional groups attached to an aromatic ring is 1. The number of nitrogens with zero attached hydrogens (tertiary/aromatic N) is 3. The van der Waals surface area contributed by atoms with Crippen LogP contribution in [0.15, 0.2) is 54.9 Å². The monoisotopic (exact) mass is 367 g/mol. The normalized spacial score (nSPS) is 12.1. The average Bonchev–Trinajstić information content (AvgIpc) is 3.29. The molecule has 5 rings (SSSR count). The number of aromatic amines is 1. The molecule has 0 aliphatic heterocycles. The average molecular weight is 367 g/mol. The van der Waals surface area contributed by atoms with Gasteiger partial charge in [-0.3, -0.25) is 9.89 Å². The first kappa shape index (κ1) is 16.4. The van der Waals surface area contributed by atoms with E-state index in [0.29, 0.717) is 28.9 Å². The second kappa shape index (κ2) is 6.13. The molecule has 0 unspecified atom stereocenters. The highest BCUT2D eigenvalue weighted by atomic mass is 16.1. The number of H-pyrrole nitrogens is 1. The first-order valence-corrected chi connectivity index (χ1v) is 9.01. The van der Waals surface area contributed by atoms with Crippen LogP contribution in [0.4, 0.5) is 5.95 Å². The van der Waals surface area contributed by atoms with Crippen molar-refractivity contribution < 1.29 is 4.79 Å². The Labute approximate surface area is 161 Å². The summed E-state index contributed by atoms with van der Waals surface area (Å²) >= 11 is 0. The number of benzene rings is 2. The lowest BCUT2D eigenvalue weighted by molar-refractivity contribution is 0.104. The summed E-state index contributed by atoms with van der Waals surface area (Å²) in [6.07, 6.45) is 4.28. The maximum absolute atomic E-state index is 13.3. The number of carbonyl (C=O) groups is 1. The lowest BCUT2D eigenvalue weighted by Crippen LogP contribution is -2.05. The third kappa shape index (κ3) is 2.50. The lowest BCUT2D eigenvalue weighted by atomic mass is 9.98. The van der Waals surface area contributed by atoms with Crippen LogP contribution in [0.25, 0.3) is 22.5 Å². The highest BCUT2D eigenvalue weighted by Gasteiger charge is 2.34. The van der Waals surface area contributed by atoms with Crippen LogP contribution in [0.3, 0.4) is 0 Å². The first-order chi connectivity index (χ1) is 13.6. The summed E-state index contributed by atoms with van der Waals surface area (Å²) in [4.78, 5) is 22.2. The number of carbonyl (C=O) groups excluding carboxylic acids is 1. The van der Waals surface area contributed by atoms with Crippen molar-refractivity contribution >= 4 is 11.7 Å². The molecule has 6 heteroatoms. The molecule has 0 atom stereocenters. The molecule has 2 aromatic heterocycles. The van der Waals surface area contributed by atoms with Gasteiger partial charge in [-0.15, -0.1) is 0 Å². The van der Waals surface area contributed by atoms with Crippen LogP contribution in [0.2, 0.25) is 0 Å². The van der Waals surface area contributed by atoms with Crippen LogP contribution in [0.5, 0.6) is 0 Å². The van der Waals surface area contributed by atoms with Crippen LogP contribution < -0.4 is 5.73 Å². The van der Waals surface area contributed by atoms with Gasteiger partial charge in [-0.1, -0.05) is 48.0 Å². The van der Waals surface area contributed by atoms with E-state index in [0.717, 1.165) is 27.8 Å². The Hall–Kier alpha value is -3.80. The molecular formula is C22H17N5O. The number of rotatable bonds is 3. The van der Waals surface area contributed by atoms with E-state index >= 15 is 0 Å². The third-order valence-corrected chi connectivity index (χ3v) is 5.06. The fourth-order valence-corrected chi connectivity index (χ4v) is 3.74. The molecule has 28 heavy (non-hydrogen) atoms. The fourth-order valence-electron chi connectivity index (χ4n) is 3.74. The van der Waals surface area contributed by atoms with Crippen LogP contribution in [-0.2, 0) is 6.42 Å². The molecule has 0 bridgehead atoms. The predicted molar refractivity (Wildman–Crippen MR) is 107 cm³/mol. The van der Waals surface area contributed by atoms with Gasteiger partial charge in [0.2, 0.25) is 5.95 Å². The van der Waals surface area contributed by atoms with Crippen LogP contribution in [-0.4, -0.2) is 25.9 Å². The van der Waals surface area contributed by atoms with E-state index in [1.54, 1.807) is 6.20 Å². The van der Waals surface area contributed by atoms with E-state index in [1.807, 2.05) is 55.6 Å². The largest absolute Gasteiger partial charge is 0.368 e. The number of fused-ring (bicyclic) bond motifs is 3. The Morgan fingerprint density at radius 3 is 2.54 bits per heavy atom. The Bertz CT molecular complexity index is 1210. The highest BCUT2D eigenvalue weighted by Crippen LogP contribution is 2.42. The number of hydrogen-bond donors (Lipinski definition) is 2. The Balaban J connectivity index is 1.73. The Kier molecular flexibility index (Phi) is 3.58. The second-order valence-electron chi connectivity index (χ2n) is 6.97. The number of nitrogens with one attached hydrogen (secondary N) is 1. The van der Waals surface area contributed by atoms with Gasteiger partial charge in [0.05, 0.1) is 23.1 Å². The van der Waals surface area contributed by atoms with Crippen LogP contribution in [0.1, 0.15) is 32.6 Å². The second-order valence-corrected chi connectivity index (χ2v) is 6.97. The minimum absolute atomic E-state index is 0.0605. The summed E-state index contributed by atoms with van der Waals surface area (Å²) in [6.45, 7) is 2.02. The lowest BCUT2D eigenvalue weighted by Gasteiger charge is -2.10. The minimum atomic E-state index is -0.0605. The van der Waals surface area contributed by atoms with Crippen molar-refractivity contribution in [3.8, 4) is 22.5 Å². The summed E-state index contributed by atoms with van der Waals surface area (Å²) in [5.41, 5.74) is 13.3. The van der Waals surface area contributed by atoms with Crippen molar-refractivity contribution in [2.45, 2.75) is 13.3 Å². The van der Waals surface area contributed by atoms with Gasteiger partial charge in [0.15, 0.2) is 5.78 Å². The molecule has 0 saturated heterocycles. The van der Waals surface area contributed by atoms with Gasteiger partial charge in [-0.2, -0.15) is 5.10 Å². The molecule has 0 fully saturated rings. The molecule has 0 spiro atoms. The summed E-state index contributed by atoms with van der Waals surface area (Å²) in [5, 5.41) is 6.84. The zero-order chi connectivity index (χ0) is 19.3. The molecule has 4 aromatic rings. The maximum atomic E-state index is 13.3. The summed E-state index contributed by atoms with van der Waals surface area (Å²) in [5.74, 6) is 0.0997. The van der Waals surface area contributed by atoms with E-state index in [9.17, 15) is 4.79 Å². The topological polar surface area (TPSA) is 97.6 Å². The Morgan fingerprint density at radius 2 is 1.79 bits per heavy atom. The van der Waals surface area contributed by atoms with E-state index in [4.69, 9.17) is 5.73 Å². The molecule has 1 aliphatic carbocycles. The summed E-state index contributed by atoms with van der Waals surface area (Å²) < 4.78 is 0. The van der Waals surface area contributed by atoms with E-state index < -0.39 is 0 Å². The minimum Gasteiger partial charge on any atom is -0.368 e. The van der Waals surface area contributed by atoms with Gasteiger partial charge in [-0.05, 0) is 18.1 Å². The molecule has 1 aliphatic rings. The molecule has 2 aromatic carbocycles. The van der Waals surface area contributed by atoms with Gasteiger partial charge in [0.1, 0.15) is 0 Å². The predicted octanol–water partition coefficient (Wildman–Crippen LogP) is 3.56. The van der Waals surface area contributed by atoms with Gasteiger partial charge in [-0.25, -0.2) is 9.97 Å². The summed E-state index contributed by atoms with van der Waals surface area (Å²) in [7, 11) is 0. The number of hydrogen-bond acceptors (Lipinski definition) is 5. The van der Waals surface area contributed by atoms with Crippen molar-refractivity contribution in [3.05, 3.63) is 82.7 Å². The third-order valence-electron chi connectivity index (χ3n) is 5.06. The molecule has 6 nitrogen and oxygen atoms in total. The van der Waals surface area contributed by atoms with Gasteiger partial charge in [0.25, 0.3) is 0 Å². The van der Waals surface area contributed by atoms with Gasteiger partial charge < -0.3 is 5.73 Å². The zero-order valence-corrected chi connectivity index (χ0v) is 15.2. The zero-order valence-electron chi connectivity index (χ0n) is 15.2. The van der Waals surface area contributed by atoms with Crippen LogP contribution >= 0.6 is 0 Å². The van der Waals surface area contributed by atoms with E-state index in [-0.39, 0.29) is 11.7 Å². The highest BCUT2D eigenvalue weighted by molar-refractivity contribution is 6.24. The van der Waals surface area contributed by atoms with Gasteiger partial charge >= 0.3 is 0 Å². The van der Waals surface area contributed by atoms with Crippen LogP contribution in [0, 0.1) is 6.92 Å². The number of anilines is 1.